The van der Waals surface area contributed by atoms with Gasteiger partial charge >= 0.3 is 0 Å². The number of likely N-dealkylation sites (tertiary alicyclic amines) is 2. The van der Waals surface area contributed by atoms with Crippen LogP contribution in [0.2, 0.25) is 0 Å². The molecule has 2 aliphatic carbocycles. The maximum Gasteiger partial charge on any atom is 0.243 e. The highest BCUT2D eigenvalue weighted by Gasteiger charge is 2.44. The summed E-state index contributed by atoms with van der Waals surface area (Å²) in [4.78, 5) is 50.2. The molecule has 0 spiro atoms. The number of allylic oxidation sites excluding steroid dienone is 3. The monoisotopic (exact) mass is 1120 g/mol. The molecule has 5 aliphatic heterocycles. The molecule has 3 unspecified atom stereocenters. The lowest BCUT2D eigenvalue weighted by atomic mass is 9.76. The minimum absolute atomic E-state index is 0.0353. The molecule has 18 nitrogen and oxygen atoms in total. The molecular weight excluding hydrogens is 1040 g/mol. The number of aromatic hydroxyl groups is 1. The van der Waals surface area contributed by atoms with Gasteiger partial charge in [0.1, 0.15) is 23.8 Å². The summed E-state index contributed by atoms with van der Waals surface area (Å²) in [7, 11) is 0. The van der Waals surface area contributed by atoms with Crippen LogP contribution in [0.15, 0.2) is 83.0 Å². The number of hydrogen-bond donors (Lipinski definition) is 3. The van der Waals surface area contributed by atoms with E-state index < -0.39 is 12.0 Å². The first-order valence-corrected chi connectivity index (χ1v) is 30.7. The lowest BCUT2D eigenvalue weighted by molar-refractivity contribution is -0.141. The summed E-state index contributed by atoms with van der Waals surface area (Å²) < 4.78 is 19.1. The third-order valence-corrected chi connectivity index (χ3v) is 19.9. The van der Waals surface area contributed by atoms with E-state index >= 15 is 0 Å². The predicted octanol–water partition coefficient (Wildman–Crippen LogP) is 9.03. The van der Waals surface area contributed by atoms with E-state index in [0.29, 0.717) is 59.7 Å². The van der Waals surface area contributed by atoms with Crippen LogP contribution in [0.1, 0.15) is 121 Å². The van der Waals surface area contributed by atoms with Gasteiger partial charge in [-0.15, -0.1) is 21.5 Å². The SMILES string of the molecule is Cc1ncsc1C1=CCC(C)([C@H](C)NC(=O)[C@@H]2CCCN2C(=O)[C@@H](c2cc(N3CCC(CN4CCC(OC5CC(Oc6cc(N7C8CCC7CN(c7cc(-c9ccccc9O)nnc7N)C8)ccn6)C5)CC4)CC3)no2)C(C)C)C=C1. The molecule has 19 heteroatoms. The van der Waals surface area contributed by atoms with Crippen LogP contribution in [0.3, 0.4) is 0 Å². The van der Waals surface area contributed by atoms with E-state index in [1.807, 2.05) is 56.7 Å². The largest absolute Gasteiger partial charge is 0.507 e. The van der Waals surface area contributed by atoms with Gasteiger partial charge in [0.15, 0.2) is 17.4 Å². The van der Waals surface area contributed by atoms with Gasteiger partial charge in [-0.3, -0.25) is 9.59 Å². The zero-order chi connectivity index (χ0) is 55.9. The number of piperazine rings is 1. The summed E-state index contributed by atoms with van der Waals surface area (Å²) in [6.45, 7) is 17.5. The average molecular weight is 1120 g/mol. The zero-order valence-corrected chi connectivity index (χ0v) is 48.5. The number of pyridine rings is 1. The van der Waals surface area contributed by atoms with Gasteiger partial charge in [-0.2, -0.15) is 0 Å². The number of phenols is 1. The van der Waals surface area contributed by atoms with Gasteiger partial charge in [0.2, 0.25) is 17.7 Å². The Hall–Kier alpha value is -6.57. The fraction of sp³-hybridized carbons (Fsp3) is 0.565. The van der Waals surface area contributed by atoms with Crippen molar-refractivity contribution in [2.75, 3.05) is 72.8 Å². The summed E-state index contributed by atoms with van der Waals surface area (Å²) in [6.07, 6.45) is 19.5. The van der Waals surface area contributed by atoms with Crippen LogP contribution in [0, 0.1) is 24.2 Å². The number of ether oxygens (including phenoxy) is 2. The third kappa shape index (κ3) is 11.6. The van der Waals surface area contributed by atoms with E-state index in [-0.39, 0.29) is 53.3 Å². The van der Waals surface area contributed by atoms with Crippen LogP contribution in [-0.4, -0.2) is 147 Å². The number of benzene rings is 1. The zero-order valence-electron chi connectivity index (χ0n) is 47.7. The fourth-order valence-electron chi connectivity index (χ4n) is 13.8. The molecular formula is C62H80N12O6S. The van der Waals surface area contributed by atoms with E-state index in [0.717, 1.165) is 133 Å². The van der Waals surface area contributed by atoms with E-state index in [9.17, 15) is 14.7 Å². The van der Waals surface area contributed by atoms with Gasteiger partial charge in [-0.05, 0) is 113 Å². The minimum Gasteiger partial charge on any atom is -0.507 e. The number of nitrogens with one attached hydrogen (secondary N) is 1. The number of rotatable bonds is 17. The van der Waals surface area contributed by atoms with Crippen molar-refractivity contribution in [1.29, 1.82) is 0 Å². The molecule has 1 saturated carbocycles. The number of thiazole rings is 1. The molecule has 6 fully saturated rings. The fourth-order valence-corrected chi connectivity index (χ4v) is 14.6. The second-order valence-corrected chi connectivity index (χ2v) is 25.5. The van der Waals surface area contributed by atoms with Crippen molar-refractivity contribution in [3.05, 3.63) is 94.8 Å². The normalized spacial score (nSPS) is 26.2. The Morgan fingerprint density at radius 3 is 2.40 bits per heavy atom. The average Bonchev–Trinajstić information content (AvgIpc) is 4.48. The Kier molecular flexibility index (Phi) is 15.9. The molecule has 1 aromatic carbocycles. The molecule has 6 atom stereocenters. The molecule has 81 heavy (non-hydrogen) atoms. The Labute approximate surface area is 480 Å². The smallest absolute Gasteiger partial charge is 0.243 e. The van der Waals surface area contributed by atoms with Crippen molar-refractivity contribution in [3.63, 3.8) is 0 Å². The topological polar surface area (TPSA) is 205 Å². The lowest BCUT2D eigenvalue weighted by Gasteiger charge is -2.43. The number of anilines is 4. The van der Waals surface area contributed by atoms with Crippen molar-refractivity contribution in [2.45, 2.75) is 154 Å². The molecule has 2 amide bonds. The van der Waals surface area contributed by atoms with Crippen molar-refractivity contribution in [2.24, 2.45) is 17.3 Å². The van der Waals surface area contributed by atoms with E-state index in [1.165, 1.54) is 10.5 Å². The molecule has 9 heterocycles. The van der Waals surface area contributed by atoms with Crippen molar-refractivity contribution in [1.82, 2.24) is 40.4 Å². The number of phenolic OH excluding ortho intramolecular Hbond substituents is 1. The third-order valence-electron chi connectivity index (χ3n) is 18.9. The highest BCUT2D eigenvalue weighted by Crippen LogP contribution is 2.42. The molecule has 5 aromatic rings. The number of aromatic nitrogens is 5. The summed E-state index contributed by atoms with van der Waals surface area (Å²) in [5, 5.41) is 26.9. The summed E-state index contributed by atoms with van der Waals surface area (Å²) in [6, 6.07) is 15.3. The number of carbonyl (C=O) groups is 2. The first-order valence-electron chi connectivity index (χ1n) is 29.8. The second-order valence-electron chi connectivity index (χ2n) is 24.7. The maximum absolute atomic E-state index is 14.4. The minimum atomic E-state index is -0.526. The Morgan fingerprint density at radius 2 is 1.68 bits per heavy atom. The van der Waals surface area contributed by atoms with Crippen molar-refractivity contribution >= 4 is 51.7 Å². The summed E-state index contributed by atoms with van der Waals surface area (Å²) >= 11 is 1.65. The van der Waals surface area contributed by atoms with Crippen molar-refractivity contribution < 1.29 is 28.7 Å². The number of piperidine rings is 2. The van der Waals surface area contributed by atoms with Crippen LogP contribution in [0.4, 0.5) is 23.0 Å². The molecule has 4 aromatic heterocycles. The van der Waals surface area contributed by atoms with Crippen molar-refractivity contribution in [3.8, 4) is 22.9 Å². The number of carbonyl (C=O) groups excluding carboxylic acids is 2. The molecule has 0 radical (unpaired) electrons. The summed E-state index contributed by atoms with van der Waals surface area (Å²) in [5.74, 6) is 2.50. The van der Waals surface area contributed by atoms with Gasteiger partial charge in [0.05, 0.1) is 39.7 Å². The number of para-hydroxylation sites is 1. The second kappa shape index (κ2) is 23.4. The maximum atomic E-state index is 14.4. The Morgan fingerprint density at radius 1 is 0.901 bits per heavy atom. The highest BCUT2D eigenvalue weighted by molar-refractivity contribution is 7.11. The molecule has 430 valence electrons. The van der Waals surface area contributed by atoms with Crippen LogP contribution in [-0.2, 0) is 14.3 Å². The number of nitrogens with two attached hydrogens (primary N) is 1. The molecule has 4 N–H and O–H groups in total. The number of aryl methyl sites for hydroxylation is 1. The van der Waals surface area contributed by atoms with Crippen LogP contribution in [0.5, 0.6) is 11.6 Å². The first kappa shape index (κ1) is 55.0. The van der Waals surface area contributed by atoms with Gasteiger partial charge in [0, 0.05) is 118 Å². The predicted molar refractivity (Wildman–Crippen MR) is 315 cm³/mol. The van der Waals surface area contributed by atoms with Gasteiger partial charge in [-0.1, -0.05) is 56.3 Å². The van der Waals surface area contributed by atoms with E-state index in [2.05, 4.69) is 94.4 Å². The van der Waals surface area contributed by atoms with Crippen LogP contribution < -0.4 is 30.5 Å². The Bertz CT molecular complexity index is 3090. The van der Waals surface area contributed by atoms with Crippen LogP contribution in [0.25, 0.3) is 16.8 Å². The van der Waals surface area contributed by atoms with Gasteiger partial charge < -0.3 is 54.7 Å². The number of hydrogen-bond acceptors (Lipinski definition) is 17. The summed E-state index contributed by atoms with van der Waals surface area (Å²) in [5.41, 5.74) is 13.5. The number of fused-ring (bicyclic) bond motifs is 2. The molecule has 2 bridgehead atoms. The van der Waals surface area contributed by atoms with E-state index in [1.54, 1.807) is 28.4 Å². The first-order chi connectivity index (χ1) is 39.2. The van der Waals surface area contributed by atoms with Crippen LogP contribution >= 0.6 is 11.3 Å². The number of amides is 2. The quantitative estimate of drug-likeness (QED) is 0.0795. The lowest BCUT2D eigenvalue weighted by Crippen LogP contribution is -2.54. The number of nitrogen functional groups attached to an aromatic ring is 1. The molecule has 5 saturated heterocycles. The van der Waals surface area contributed by atoms with Gasteiger partial charge in [0.25, 0.3) is 0 Å². The number of nitrogens with zero attached hydrogens (tertiary/aromatic N) is 10. The standard InChI is InChI=1S/C62H80N12O6S/c1-38(2)57(61(77)73-24-8-10-51(73)60(76)66-40(4)62(5)21-14-42(15-22-62)58-39(3)65-37-81-58)54-33-55(69-80-54)71-27-17-41(18-28-71)34-70-25-19-46(20-26-70)78-47-30-48(31-47)79-56-29-43(16-23-64-56)74-44-12-13-45(74)36-72(35-44)52-32-50(67-68-59(52)63)49-9-6-7-11-53(49)75/h6-7,9,11,14-16,21,23,29,32-33,37-38,40-41,44-48,51,57,75H,8,10,12-13,17-20,22,24-28,30-31,34-36H2,1-5H3,(H2,63,68)(H,66,76)/t40-,44?,45?,47?,48?,51-,57+,62?/m0/s1. The molecule has 12 rings (SSSR count). The highest BCUT2D eigenvalue weighted by atomic mass is 32.1. The molecule has 7 aliphatic rings. The van der Waals surface area contributed by atoms with E-state index in [4.69, 9.17) is 19.7 Å². The Balaban J connectivity index is 0.559. The van der Waals surface area contributed by atoms with Gasteiger partial charge in [-0.25, -0.2) is 9.97 Å².